The van der Waals surface area contributed by atoms with E-state index >= 15 is 0 Å². The number of rotatable bonds is 5. The quantitative estimate of drug-likeness (QED) is 0.800. The van der Waals surface area contributed by atoms with E-state index in [1.165, 1.54) is 6.07 Å². The molecule has 3 nitrogen and oxygen atoms in total. The summed E-state index contributed by atoms with van der Waals surface area (Å²) >= 11 is 0.444. The van der Waals surface area contributed by atoms with Crippen LogP contribution in [0.1, 0.15) is 13.3 Å². The third-order valence-electron chi connectivity index (χ3n) is 1.85. The Labute approximate surface area is 103 Å². The number of anilines is 1. The van der Waals surface area contributed by atoms with E-state index in [4.69, 9.17) is 5.73 Å². The van der Waals surface area contributed by atoms with Crippen molar-refractivity contribution in [3.05, 3.63) is 24.3 Å². The maximum atomic E-state index is 12.1. The zero-order valence-electron chi connectivity index (χ0n) is 9.32. The Morgan fingerprint density at radius 3 is 2.82 bits per heavy atom. The summed E-state index contributed by atoms with van der Waals surface area (Å²) in [4.78, 5) is 11.8. The molecule has 0 bridgehead atoms. The van der Waals surface area contributed by atoms with Crippen LogP contribution >= 0.6 is 11.8 Å². The van der Waals surface area contributed by atoms with Crippen molar-refractivity contribution < 1.29 is 13.6 Å². The lowest BCUT2D eigenvalue weighted by Crippen LogP contribution is -2.23. The number of hydrogen-bond acceptors (Lipinski definition) is 3. The van der Waals surface area contributed by atoms with Crippen LogP contribution < -0.4 is 11.1 Å². The molecule has 0 fully saturated rings. The Balaban J connectivity index is 2.62. The first-order chi connectivity index (χ1) is 7.97. The summed E-state index contributed by atoms with van der Waals surface area (Å²) in [5, 5.41) is 2.61. The van der Waals surface area contributed by atoms with Gasteiger partial charge in [0.25, 0.3) is 5.76 Å². The molecule has 1 aromatic carbocycles. The standard InChI is InChI=1S/C11H14F2N2OS/c1-7(14)5-10(16)15-8-3-2-4-9(6-8)17-11(12)13/h2-4,6-7,11H,5,14H2,1H3,(H,15,16). The van der Waals surface area contributed by atoms with Gasteiger partial charge in [-0.3, -0.25) is 4.79 Å². The Morgan fingerprint density at radius 1 is 1.53 bits per heavy atom. The topological polar surface area (TPSA) is 55.1 Å². The number of benzene rings is 1. The Morgan fingerprint density at radius 2 is 2.24 bits per heavy atom. The van der Waals surface area contributed by atoms with Gasteiger partial charge in [-0.1, -0.05) is 17.8 Å². The van der Waals surface area contributed by atoms with Crippen molar-refractivity contribution in [1.82, 2.24) is 0 Å². The molecule has 0 heterocycles. The number of thioether (sulfide) groups is 1. The molecule has 1 amide bonds. The lowest BCUT2D eigenvalue weighted by molar-refractivity contribution is -0.116. The van der Waals surface area contributed by atoms with Gasteiger partial charge in [-0.2, -0.15) is 8.78 Å². The van der Waals surface area contributed by atoms with E-state index in [0.717, 1.165) is 0 Å². The highest BCUT2D eigenvalue weighted by Gasteiger charge is 2.08. The first-order valence-corrected chi connectivity index (χ1v) is 5.95. The van der Waals surface area contributed by atoms with Crippen molar-refractivity contribution in [3.8, 4) is 0 Å². The van der Waals surface area contributed by atoms with E-state index in [0.29, 0.717) is 22.3 Å². The van der Waals surface area contributed by atoms with Crippen molar-refractivity contribution in [2.45, 2.75) is 30.0 Å². The number of alkyl halides is 2. The molecule has 0 spiro atoms. The van der Waals surface area contributed by atoms with Crippen LogP contribution in [0.3, 0.4) is 0 Å². The maximum absolute atomic E-state index is 12.1. The van der Waals surface area contributed by atoms with Crippen molar-refractivity contribution in [1.29, 1.82) is 0 Å². The highest BCUT2D eigenvalue weighted by molar-refractivity contribution is 7.99. The predicted octanol–water partition coefficient (Wildman–Crippen LogP) is 2.68. The second-order valence-corrected chi connectivity index (χ2v) is 4.70. The smallest absolute Gasteiger partial charge is 0.288 e. The van der Waals surface area contributed by atoms with Crippen molar-refractivity contribution in [3.63, 3.8) is 0 Å². The molecule has 0 aliphatic heterocycles. The highest BCUT2D eigenvalue weighted by Crippen LogP contribution is 2.27. The van der Waals surface area contributed by atoms with Gasteiger partial charge in [-0.15, -0.1) is 0 Å². The summed E-state index contributed by atoms with van der Waals surface area (Å²) in [6.45, 7) is 1.72. The number of hydrogen-bond donors (Lipinski definition) is 2. The fourth-order valence-electron chi connectivity index (χ4n) is 1.25. The average molecular weight is 260 g/mol. The van der Waals surface area contributed by atoms with Crippen LogP contribution in [0.2, 0.25) is 0 Å². The molecule has 94 valence electrons. The van der Waals surface area contributed by atoms with E-state index in [2.05, 4.69) is 5.32 Å². The average Bonchev–Trinajstić information content (AvgIpc) is 2.14. The zero-order chi connectivity index (χ0) is 12.8. The van der Waals surface area contributed by atoms with Crippen molar-refractivity contribution in [2.24, 2.45) is 5.73 Å². The van der Waals surface area contributed by atoms with Crippen LogP contribution in [0.15, 0.2) is 29.2 Å². The third-order valence-corrected chi connectivity index (χ3v) is 2.55. The molecule has 1 aromatic rings. The molecule has 1 rings (SSSR count). The number of nitrogens with one attached hydrogen (secondary N) is 1. The lowest BCUT2D eigenvalue weighted by atomic mass is 10.2. The molecular formula is C11H14F2N2OS. The molecular weight excluding hydrogens is 246 g/mol. The van der Waals surface area contributed by atoms with Gasteiger partial charge >= 0.3 is 0 Å². The summed E-state index contributed by atoms with van der Waals surface area (Å²) < 4.78 is 24.3. The normalized spacial score (nSPS) is 12.5. The third kappa shape index (κ3) is 5.65. The predicted molar refractivity (Wildman–Crippen MR) is 65.2 cm³/mol. The van der Waals surface area contributed by atoms with Gasteiger partial charge in [-0.25, -0.2) is 0 Å². The Kier molecular flexibility index (Phi) is 5.37. The minimum atomic E-state index is -2.47. The minimum absolute atomic E-state index is 0.201. The number of nitrogens with two attached hydrogens (primary N) is 1. The van der Waals surface area contributed by atoms with Gasteiger partial charge in [0.15, 0.2) is 0 Å². The van der Waals surface area contributed by atoms with Crippen molar-refractivity contribution >= 4 is 23.4 Å². The summed E-state index contributed by atoms with van der Waals surface area (Å²) in [7, 11) is 0. The lowest BCUT2D eigenvalue weighted by Gasteiger charge is -2.08. The van der Waals surface area contributed by atoms with Gasteiger partial charge < -0.3 is 11.1 Å². The molecule has 0 saturated carbocycles. The fourth-order valence-corrected chi connectivity index (χ4v) is 1.81. The minimum Gasteiger partial charge on any atom is -0.327 e. The van der Waals surface area contributed by atoms with Gasteiger partial charge in [-0.05, 0) is 25.1 Å². The molecule has 3 N–H and O–H groups in total. The largest absolute Gasteiger partial charge is 0.327 e. The molecule has 1 unspecified atom stereocenters. The second-order valence-electron chi connectivity index (χ2n) is 3.64. The van der Waals surface area contributed by atoms with Gasteiger partial charge in [0.05, 0.1) is 0 Å². The van der Waals surface area contributed by atoms with E-state index in [1.807, 2.05) is 0 Å². The number of halogens is 2. The molecule has 0 aliphatic rings. The van der Waals surface area contributed by atoms with Gasteiger partial charge in [0.1, 0.15) is 0 Å². The monoisotopic (exact) mass is 260 g/mol. The van der Waals surface area contributed by atoms with Gasteiger partial charge in [0.2, 0.25) is 5.91 Å². The molecule has 0 saturated heterocycles. The number of carbonyl (C=O) groups excluding carboxylic acids is 1. The van der Waals surface area contributed by atoms with E-state index in [9.17, 15) is 13.6 Å². The summed E-state index contributed by atoms with van der Waals surface area (Å²) in [5.74, 6) is -2.69. The first-order valence-electron chi connectivity index (χ1n) is 5.07. The summed E-state index contributed by atoms with van der Waals surface area (Å²) in [6.07, 6.45) is 0.201. The summed E-state index contributed by atoms with van der Waals surface area (Å²) in [5.41, 5.74) is 5.98. The molecule has 0 aromatic heterocycles. The van der Waals surface area contributed by atoms with Crippen LogP contribution in [-0.4, -0.2) is 17.7 Å². The Hall–Kier alpha value is -1.14. The Bertz CT molecular complexity index is 385. The van der Waals surface area contributed by atoms with E-state index < -0.39 is 5.76 Å². The van der Waals surface area contributed by atoms with Gasteiger partial charge in [0, 0.05) is 23.0 Å². The molecule has 0 aliphatic carbocycles. The molecule has 1 atom stereocenters. The van der Waals surface area contributed by atoms with Crippen LogP contribution in [0.25, 0.3) is 0 Å². The van der Waals surface area contributed by atoms with E-state index in [1.54, 1.807) is 25.1 Å². The number of carbonyl (C=O) groups is 1. The second kappa shape index (κ2) is 6.56. The maximum Gasteiger partial charge on any atom is 0.288 e. The molecule has 17 heavy (non-hydrogen) atoms. The summed E-state index contributed by atoms with van der Waals surface area (Å²) in [6, 6.07) is 6.11. The van der Waals surface area contributed by atoms with Crippen LogP contribution in [-0.2, 0) is 4.79 Å². The van der Waals surface area contributed by atoms with Crippen LogP contribution in [0.4, 0.5) is 14.5 Å². The zero-order valence-corrected chi connectivity index (χ0v) is 10.1. The number of amides is 1. The molecule has 0 radical (unpaired) electrons. The van der Waals surface area contributed by atoms with Crippen LogP contribution in [0.5, 0.6) is 0 Å². The van der Waals surface area contributed by atoms with Crippen molar-refractivity contribution in [2.75, 3.05) is 5.32 Å². The highest BCUT2D eigenvalue weighted by atomic mass is 32.2. The van der Waals surface area contributed by atoms with E-state index in [-0.39, 0.29) is 18.4 Å². The first kappa shape index (κ1) is 13.9. The molecule has 6 heteroatoms. The van der Waals surface area contributed by atoms with Crippen LogP contribution in [0, 0.1) is 0 Å². The SMILES string of the molecule is CC(N)CC(=O)Nc1cccc(SC(F)F)c1. The fraction of sp³-hybridized carbons (Fsp3) is 0.364.